The van der Waals surface area contributed by atoms with Crippen LogP contribution in [0.3, 0.4) is 0 Å². The number of hydrogen-bond acceptors (Lipinski definition) is 5. The summed E-state index contributed by atoms with van der Waals surface area (Å²) in [4.78, 5) is 20.9. The zero-order valence-electron chi connectivity index (χ0n) is 13.6. The van der Waals surface area contributed by atoms with Gasteiger partial charge in [-0.3, -0.25) is 9.69 Å². The second-order valence-corrected chi connectivity index (χ2v) is 5.93. The van der Waals surface area contributed by atoms with E-state index in [1.165, 1.54) is 0 Å². The Bertz CT molecular complexity index is 648. The second-order valence-electron chi connectivity index (χ2n) is 5.93. The van der Waals surface area contributed by atoms with Crippen LogP contribution in [0.2, 0.25) is 0 Å². The molecule has 122 valence electrons. The molecule has 0 N–H and O–H groups in total. The number of hydrogen-bond donors (Lipinski definition) is 0. The van der Waals surface area contributed by atoms with Crippen molar-refractivity contribution in [3.8, 4) is 0 Å². The summed E-state index contributed by atoms with van der Waals surface area (Å²) in [5, 5.41) is 3.85. The average molecular weight is 314 g/mol. The van der Waals surface area contributed by atoms with Crippen molar-refractivity contribution < 1.29 is 9.32 Å². The molecule has 1 aromatic heterocycles. The maximum Gasteiger partial charge on any atom is 0.243 e. The molecule has 0 aliphatic carbocycles. The van der Waals surface area contributed by atoms with Crippen molar-refractivity contribution in [2.75, 3.05) is 26.2 Å². The minimum absolute atomic E-state index is 0.0857. The van der Waals surface area contributed by atoms with Crippen LogP contribution in [0.15, 0.2) is 34.9 Å². The first kappa shape index (κ1) is 15.7. The SMILES string of the molecule is Cc1noc(C(C)N2CCN(C(=O)Cc3ccccc3)CC2)n1. The fraction of sp³-hybridized carbons (Fsp3) is 0.471. The summed E-state index contributed by atoms with van der Waals surface area (Å²) in [6.45, 7) is 7.01. The van der Waals surface area contributed by atoms with Crippen LogP contribution >= 0.6 is 0 Å². The Hall–Kier alpha value is -2.21. The van der Waals surface area contributed by atoms with E-state index in [2.05, 4.69) is 22.0 Å². The highest BCUT2D eigenvalue weighted by atomic mass is 16.5. The molecule has 2 heterocycles. The Morgan fingerprint density at radius 1 is 1.22 bits per heavy atom. The molecule has 1 unspecified atom stereocenters. The summed E-state index contributed by atoms with van der Waals surface area (Å²) in [6.07, 6.45) is 0.471. The molecule has 1 fully saturated rings. The summed E-state index contributed by atoms with van der Waals surface area (Å²) in [5.41, 5.74) is 1.06. The summed E-state index contributed by atoms with van der Waals surface area (Å²) >= 11 is 0. The fourth-order valence-corrected chi connectivity index (χ4v) is 2.88. The van der Waals surface area contributed by atoms with Crippen LogP contribution in [-0.4, -0.2) is 52.0 Å². The largest absolute Gasteiger partial charge is 0.340 e. The lowest BCUT2D eigenvalue weighted by atomic mass is 10.1. The van der Waals surface area contributed by atoms with Crippen LogP contribution < -0.4 is 0 Å². The summed E-state index contributed by atoms with van der Waals surface area (Å²) in [6, 6.07) is 9.97. The van der Waals surface area contributed by atoms with Gasteiger partial charge in [0.05, 0.1) is 12.5 Å². The van der Waals surface area contributed by atoms with Gasteiger partial charge < -0.3 is 9.42 Å². The summed E-state index contributed by atoms with van der Waals surface area (Å²) in [5.74, 6) is 1.49. The van der Waals surface area contributed by atoms with Gasteiger partial charge in [0.15, 0.2) is 5.82 Å². The lowest BCUT2D eigenvalue weighted by Gasteiger charge is -2.36. The van der Waals surface area contributed by atoms with Gasteiger partial charge in [-0.2, -0.15) is 4.98 Å². The van der Waals surface area contributed by atoms with Crippen molar-refractivity contribution in [1.82, 2.24) is 19.9 Å². The highest BCUT2D eigenvalue weighted by Crippen LogP contribution is 2.20. The van der Waals surface area contributed by atoms with Crippen LogP contribution in [0.4, 0.5) is 0 Å². The Labute approximate surface area is 136 Å². The van der Waals surface area contributed by atoms with E-state index in [9.17, 15) is 4.79 Å². The number of amides is 1. The number of carbonyl (C=O) groups excluding carboxylic acids is 1. The smallest absolute Gasteiger partial charge is 0.243 e. The molecule has 1 atom stereocenters. The van der Waals surface area contributed by atoms with E-state index < -0.39 is 0 Å². The molecule has 3 rings (SSSR count). The highest BCUT2D eigenvalue weighted by molar-refractivity contribution is 5.78. The van der Waals surface area contributed by atoms with Gasteiger partial charge >= 0.3 is 0 Å². The van der Waals surface area contributed by atoms with Crippen LogP contribution in [-0.2, 0) is 11.2 Å². The lowest BCUT2D eigenvalue weighted by Crippen LogP contribution is -2.49. The zero-order valence-corrected chi connectivity index (χ0v) is 13.6. The Balaban J connectivity index is 1.53. The maximum absolute atomic E-state index is 12.4. The summed E-state index contributed by atoms with van der Waals surface area (Å²) < 4.78 is 5.25. The summed E-state index contributed by atoms with van der Waals surface area (Å²) in [7, 11) is 0. The molecule has 1 saturated heterocycles. The molecule has 0 saturated carbocycles. The van der Waals surface area contributed by atoms with Gasteiger partial charge in [-0.15, -0.1) is 0 Å². The van der Waals surface area contributed by atoms with Crippen molar-refractivity contribution in [1.29, 1.82) is 0 Å². The van der Waals surface area contributed by atoms with Gasteiger partial charge in [0.1, 0.15) is 0 Å². The van der Waals surface area contributed by atoms with Gasteiger partial charge in [-0.05, 0) is 19.4 Å². The molecule has 0 bridgehead atoms. The highest BCUT2D eigenvalue weighted by Gasteiger charge is 2.27. The standard InChI is InChI=1S/C17H22N4O2/c1-13(17-18-14(2)19-23-17)20-8-10-21(11-9-20)16(22)12-15-6-4-3-5-7-15/h3-7,13H,8-12H2,1-2H3. The van der Waals surface area contributed by atoms with Crippen molar-refractivity contribution >= 4 is 5.91 Å². The molecule has 2 aromatic rings. The number of piperazine rings is 1. The first-order valence-corrected chi connectivity index (χ1v) is 7.99. The van der Waals surface area contributed by atoms with E-state index in [4.69, 9.17) is 4.52 Å². The monoisotopic (exact) mass is 314 g/mol. The number of aryl methyl sites for hydroxylation is 1. The van der Waals surface area contributed by atoms with Gasteiger partial charge in [0.25, 0.3) is 0 Å². The zero-order chi connectivity index (χ0) is 16.2. The van der Waals surface area contributed by atoms with Crippen LogP contribution in [0.5, 0.6) is 0 Å². The quantitative estimate of drug-likeness (QED) is 0.861. The third kappa shape index (κ3) is 3.76. The normalized spacial score (nSPS) is 17.2. The first-order valence-electron chi connectivity index (χ1n) is 7.99. The van der Waals surface area contributed by atoms with Crippen LogP contribution in [0.1, 0.15) is 30.2 Å². The molecule has 1 aliphatic heterocycles. The van der Waals surface area contributed by atoms with Gasteiger partial charge in [-0.25, -0.2) is 0 Å². The second kappa shape index (κ2) is 6.91. The molecular weight excluding hydrogens is 292 g/mol. The van der Waals surface area contributed by atoms with Crippen molar-refractivity contribution in [2.45, 2.75) is 26.3 Å². The molecule has 23 heavy (non-hydrogen) atoms. The van der Waals surface area contributed by atoms with Gasteiger partial charge in [-0.1, -0.05) is 35.5 Å². The molecule has 1 aromatic carbocycles. The van der Waals surface area contributed by atoms with E-state index in [-0.39, 0.29) is 11.9 Å². The predicted octanol–water partition coefficient (Wildman–Crippen LogP) is 1.83. The number of benzene rings is 1. The number of aromatic nitrogens is 2. The maximum atomic E-state index is 12.4. The first-order chi connectivity index (χ1) is 11.1. The van der Waals surface area contributed by atoms with E-state index in [0.717, 1.165) is 31.7 Å². The van der Waals surface area contributed by atoms with E-state index in [0.29, 0.717) is 18.1 Å². The predicted molar refractivity (Wildman–Crippen MR) is 85.7 cm³/mol. The molecule has 6 heteroatoms. The molecule has 6 nitrogen and oxygen atoms in total. The number of nitrogens with zero attached hydrogens (tertiary/aromatic N) is 4. The Morgan fingerprint density at radius 3 is 2.52 bits per heavy atom. The Morgan fingerprint density at radius 2 is 1.91 bits per heavy atom. The molecular formula is C17H22N4O2. The minimum Gasteiger partial charge on any atom is -0.340 e. The molecule has 0 spiro atoms. The van der Waals surface area contributed by atoms with E-state index >= 15 is 0 Å². The Kier molecular flexibility index (Phi) is 4.71. The van der Waals surface area contributed by atoms with E-state index in [1.807, 2.05) is 42.2 Å². The third-order valence-electron chi connectivity index (χ3n) is 4.31. The number of rotatable bonds is 4. The molecule has 1 amide bonds. The fourth-order valence-electron chi connectivity index (χ4n) is 2.88. The van der Waals surface area contributed by atoms with Gasteiger partial charge in [0, 0.05) is 26.2 Å². The van der Waals surface area contributed by atoms with Crippen molar-refractivity contribution in [3.05, 3.63) is 47.6 Å². The van der Waals surface area contributed by atoms with E-state index in [1.54, 1.807) is 0 Å². The van der Waals surface area contributed by atoms with Crippen LogP contribution in [0, 0.1) is 6.92 Å². The average Bonchev–Trinajstić information content (AvgIpc) is 3.02. The molecule has 1 aliphatic rings. The van der Waals surface area contributed by atoms with Crippen molar-refractivity contribution in [2.24, 2.45) is 0 Å². The number of carbonyl (C=O) groups is 1. The topological polar surface area (TPSA) is 62.5 Å². The third-order valence-corrected chi connectivity index (χ3v) is 4.31. The minimum atomic E-state index is 0.0857. The molecule has 0 radical (unpaired) electrons. The van der Waals surface area contributed by atoms with Crippen molar-refractivity contribution in [3.63, 3.8) is 0 Å². The van der Waals surface area contributed by atoms with Crippen LogP contribution in [0.25, 0.3) is 0 Å². The lowest BCUT2D eigenvalue weighted by molar-refractivity contribution is -0.132. The van der Waals surface area contributed by atoms with Gasteiger partial charge in [0.2, 0.25) is 11.8 Å².